The van der Waals surface area contributed by atoms with Crippen LogP contribution in [0.15, 0.2) is 12.1 Å². The van der Waals surface area contributed by atoms with Gasteiger partial charge in [-0.1, -0.05) is 32.1 Å². The van der Waals surface area contributed by atoms with Crippen LogP contribution < -0.4 is 5.32 Å². The summed E-state index contributed by atoms with van der Waals surface area (Å²) in [7, 11) is 0. The molecule has 1 aliphatic rings. The lowest BCUT2D eigenvalue weighted by atomic mass is 9.96. The monoisotopic (exact) mass is 257 g/mol. The highest BCUT2D eigenvalue weighted by Crippen LogP contribution is 2.24. The summed E-state index contributed by atoms with van der Waals surface area (Å²) in [6.45, 7) is 0. The van der Waals surface area contributed by atoms with Gasteiger partial charge in [-0.05, 0) is 12.8 Å². The Balaban J connectivity index is 2.05. The highest BCUT2D eigenvalue weighted by Gasteiger charge is 2.15. The Morgan fingerprint density at radius 3 is 2.00 bits per heavy atom. The molecule has 1 aromatic rings. The van der Waals surface area contributed by atoms with Gasteiger partial charge in [-0.3, -0.25) is 0 Å². The second-order valence-electron chi connectivity index (χ2n) is 4.93. The van der Waals surface area contributed by atoms with Gasteiger partial charge in [0.2, 0.25) is 0 Å². The SMILES string of the molecule is Fc1cc(F)c(NC2CCCCCCC2)cc1F. The predicted octanol–water partition coefficient (Wildman–Crippen LogP) is 4.63. The van der Waals surface area contributed by atoms with E-state index in [0.717, 1.165) is 31.7 Å². The maximum absolute atomic E-state index is 13.5. The van der Waals surface area contributed by atoms with Crippen molar-refractivity contribution in [3.8, 4) is 0 Å². The minimum Gasteiger partial charge on any atom is -0.380 e. The summed E-state index contributed by atoms with van der Waals surface area (Å²) >= 11 is 0. The zero-order valence-electron chi connectivity index (χ0n) is 10.3. The third-order valence-corrected chi connectivity index (χ3v) is 3.47. The Labute approximate surface area is 105 Å². The molecule has 2 rings (SSSR count). The number of hydrogen-bond donors (Lipinski definition) is 1. The molecular weight excluding hydrogens is 239 g/mol. The van der Waals surface area contributed by atoms with Gasteiger partial charge in [-0.2, -0.15) is 0 Å². The smallest absolute Gasteiger partial charge is 0.161 e. The molecule has 0 radical (unpaired) electrons. The summed E-state index contributed by atoms with van der Waals surface area (Å²) in [6, 6.07) is 1.66. The van der Waals surface area contributed by atoms with Crippen molar-refractivity contribution in [1.29, 1.82) is 0 Å². The summed E-state index contributed by atoms with van der Waals surface area (Å²) in [5.74, 6) is -2.88. The van der Waals surface area contributed by atoms with Crippen LogP contribution in [0.5, 0.6) is 0 Å². The van der Waals surface area contributed by atoms with Gasteiger partial charge in [0.05, 0.1) is 5.69 Å². The molecular formula is C14H18F3N. The maximum atomic E-state index is 13.5. The molecule has 18 heavy (non-hydrogen) atoms. The molecule has 0 bridgehead atoms. The maximum Gasteiger partial charge on any atom is 0.161 e. The van der Waals surface area contributed by atoms with Gasteiger partial charge in [-0.25, -0.2) is 13.2 Å². The van der Waals surface area contributed by atoms with Crippen LogP contribution in [0.2, 0.25) is 0 Å². The average molecular weight is 257 g/mol. The Hall–Kier alpha value is -1.19. The molecule has 0 aromatic heterocycles. The van der Waals surface area contributed by atoms with E-state index in [1.54, 1.807) is 0 Å². The predicted molar refractivity (Wildman–Crippen MR) is 66.0 cm³/mol. The largest absolute Gasteiger partial charge is 0.380 e. The molecule has 0 saturated heterocycles. The first kappa shape index (κ1) is 13.2. The van der Waals surface area contributed by atoms with E-state index in [-0.39, 0.29) is 11.7 Å². The number of halogens is 3. The number of nitrogens with one attached hydrogen (secondary N) is 1. The lowest BCUT2D eigenvalue weighted by molar-refractivity contribution is 0.466. The summed E-state index contributed by atoms with van der Waals surface area (Å²) in [5.41, 5.74) is 0.0690. The molecule has 1 nitrogen and oxygen atoms in total. The van der Waals surface area contributed by atoms with Gasteiger partial charge < -0.3 is 5.32 Å². The van der Waals surface area contributed by atoms with Gasteiger partial charge in [0.15, 0.2) is 11.6 Å². The van der Waals surface area contributed by atoms with Crippen LogP contribution >= 0.6 is 0 Å². The number of hydrogen-bond acceptors (Lipinski definition) is 1. The van der Waals surface area contributed by atoms with Crippen LogP contribution in [0.3, 0.4) is 0 Å². The normalized spacial score (nSPS) is 18.2. The standard InChI is InChI=1S/C14H18F3N/c15-11-8-13(17)14(9-12(11)16)18-10-6-4-2-1-3-5-7-10/h8-10,18H,1-7H2. The van der Waals surface area contributed by atoms with Gasteiger partial charge >= 0.3 is 0 Å². The van der Waals surface area contributed by atoms with Crippen LogP contribution in [0.25, 0.3) is 0 Å². The van der Waals surface area contributed by atoms with E-state index in [4.69, 9.17) is 0 Å². The summed E-state index contributed by atoms with van der Waals surface area (Å²) in [5, 5.41) is 3.00. The molecule has 0 atom stereocenters. The fraction of sp³-hybridized carbons (Fsp3) is 0.571. The summed E-state index contributed by atoms with van der Waals surface area (Å²) in [6.07, 6.45) is 7.76. The fourth-order valence-electron chi connectivity index (χ4n) is 2.45. The minimum absolute atomic E-state index is 0.0690. The van der Waals surface area contributed by atoms with Crippen molar-refractivity contribution >= 4 is 5.69 Å². The van der Waals surface area contributed by atoms with Crippen molar-refractivity contribution in [2.75, 3.05) is 5.32 Å². The summed E-state index contributed by atoms with van der Waals surface area (Å²) in [4.78, 5) is 0. The van der Waals surface area contributed by atoms with Gasteiger partial charge in [-0.15, -0.1) is 0 Å². The van der Waals surface area contributed by atoms with Crippen molar-refractivity contribution in [3.05, 3.63) is 29.6 Å². The summed E-state index contributed by atoms with van der Waals surface area (Å²) < 4.78 is 39.4. The molecule has 1 fully saturated rings. The third kappa shape index (κ3) is 3.40. The molecule has 0 heterocycles. The molecule has 0 amide bonds. The molecule has 0 aliphatic heterocycles. The van der Waals surface area contributed by atoms with E-state index in [1.165, 1.54) is 19.3 Å². The first-order valence-electron chi connectivity index (χ1n) is 6.58. The van der Waals surface area contributed by atoms with Gasteiger partial charge in [0.25, 0.3) is 0 Å². The van der Waals surface area contributed by atoms with E-state index < -0.39 is 17.5 Å². The Morgan fingerprint density at radius 2 is 1.33 bits per heavy atom. The molecule has 1 aromatic carbocycles. The van der Waals surface area contributed by atoms with Crippen LogP contribution in [-0.2, 0) is 0 Å². The van der Waals surface area contributed by atoms with E-state index in [2.05, 4.69) is 5.32 Å². The van der Waals surface area contributed by atoms with Crippen molar-refractivity contribution in [1.82, 2.24) is 0 Å². The first-order chi connectivity index (χ1) is 8.66. The zero-order valence-corrected chi connectivity index (χ0v) is 10.3. The highest BCUT2D eigenvalue weighted by atomic mass is 19.2. The number of rotatable bonds is 2. The van der Waals surface area contributed by atoms with Crippen molar-refractivity contribution < 1.29 is 13.2 Å². The molecule has 4 heteroatoms. The topological polar surface area (TPSA) is 12.0 Å². The molecule has 1 N–H and O–H groups in total. The second-order valence-corrected chi connectivity index (χ2v) is 4.93. The Kier molecular flexibility index (Phi) is 4.50. The van der Waals surface area contributed by atoms with Crippen LogP contribution in [0, 0.1) is 17.5 Å². The van der Waals surface area contributed by atoms with E-state index >= 15 is 0 Å². The molecule has 0 spiro atoms. The molecule has 0 unspecified atom stereocenters. The highest BCUT2D eigenvalue weighted by molar-refractivity contribution is 5.46. The lowest BCUT2D eigenvalue weighted by Crippen LogP contribution is -2.21. The zero-order chi connectivity index (χ0) is 13.0. The Morgan fingerprint density at radius 1 is 0.778 bits per heavy atom. The first-order valence-corrected chi connectivity index (χ1v) is 6.58. The fourth-order valence-corrected chi connectivity index (χ4v) is 2.45. The van der Waals surface area contributed by atoms with Crippen molar-refractivity contribution in [3.63, 3.8) is 0 Å². The molecule has 1 aliphatic carbocycles. The van der Waals surface area contributed by atoms with Crippen molar-refractivity contribution in [2.24, 2.45) is 0 Å². The average Bonchev–Trinajstić information content (AvgIpc) is 2.29. The van der Waals surface area contributed by atoms with E-state index in [0.29, 0.717) is 6.07 Å². The minimum atomic E-state index is -1.14. The molecule has 1 saturated carbocycles. The van der Waals surface area contributed by atoms with Crippen LogP contribution in [0.4, 0.5) is 18.9 Å². The quantitative estimate of drug-likeness (QED) is 0.762. The van der Waals surface area contributed by atoms with E-state index in [1.807, 2.05) is 0 Å². The van der Waals surface area contributed by atoms with Crippen LogP contribution in [0.1, 0.15) is 44.9 Å². The van der Waals surface area contributed by atoms with Gasteiger partial charge in [0, 0.05) is 18.2 Å². The number of benzene rings is 1. The Bertz CT molecular complexity index is 398. The molecule has 100 valence electrons. The third-order valence-electron chi connectivity index (χ3n) is 3.47. The second kappa shape index (κ2) is 6.12. The van der Waals surface area contributed by atoms with Gasteiger partial charge in [0.1, 0.15) is 5.82 Å². The van der Waals surface area contributed by atoms with Crippen molar-refractivity contribution in [2.45, 2.75) is 51.0 Å². The van der Waals surface area contributed by atoms with E-state index in [9.17, 15) is 13.2 Å². The lowest BCUT2D eigenvalue weighted by Gasteiger charge is -2.22. The number of anilines is 1. The van der Waals surface area contributed by atoms with Crippen LogP contribution in [-0.4, -0.2) is 6.04 Å².